The molecule has 5 heteroatoms. The molecule has 1 atom stereocenters. The number of para-hydroxylation sites is 1. The van der Waals surface area contributed by atoms with Crippen LogP contribution in [0.25, 0.3) is 0 Å². The van der Waals surface area contributed by atoms with Gasteiger partial charge in [0, 0.05) is 6.07 Å². The Morgan fingerprint density at radius 1 is 1.26 bits per heavy atom. The lowest BCUT2D eigenvalue weighted by Gasteiger charge is -2.21. The van der Waals surface area contributed by atoms with E-state index in [0.29, 0.717) is 12.2 Å². The van der Waals surface area contributed by atoms with Crippen LogP contribution in [0, 0.1) is 10.1 Å². The summed E-state index contributed by atoms with van der Waals surface area (Å²) in [7, 11) is 3.95. The summed E-state index contributed by atoms with van der Waals surface area (Å²) in [6.45, 7) is 4.11. The summed E-state index contributed by atoms with van der Waals surface area (Å²) < 4.78 is 5.77. The van der Waals surface area contributed by atoms with Gasteiger partial charge in [-0.1, -0.05) is 30.4 Å². The molecule has 1 unspecified atom stereocenters. The molecule has 23 heavy (non-hydrogen) atoms. The largest absolute Gasteiger partial charge is 0.450 e. The number of benzene rings is 2. The van der Waals surface area contributed by atoms with Crippen LogP contribution in [0.2, 0.25) is 0 Å². The molecule has 118 valence electrons. The van der Waals surface area contributed by atoms with Crippen LogP contribution in [-0.4, -0.2) is 23.9 Å². The van der Waals surface area contributed by atoms with Crippen LogP contribution in [0.15, 0.2) is 54.6 Å². The maximum Gasteiger partial charge on any atom is 0.311 e. The third-order valence-electron chi connectivity index (χ3n) is 4.00. The molecule has 2 aromatic carbocycles. The second-order valence-electron chi connectivity index (χ2n) is 5.89. The number of hydrogen-bond donors (Lipinski definition) is 0. The molecule has 0 saturated heterocycles. The summed E-state index contributed by atoms with van der Waals surface area (Å²) in [4.78, 5) is 13.1. The van der Waals surface area contributed by atoms with Crippen LogP contribution in [0.4, 0.5) is 5.69 Å². The van der Waals surface area contributed by atoms with Crippen LogP contribution in [0.3, 0.4) is 0 Å². The Morgan fingerprint density at radius 2 is 1.96 bits per heavy atom. The van der Waals surface area contributed by atoms with E-state index in [-0.39, 0.29) is 17.5 Å². The molecule has 1 aliphatic carbocycles. The highest BCUT2D eigenvalue weighted by Crippen LogP contribution is 2.44. The molecule has 0 spiro atoms. The summed E-state index contributed by atoms with van der Waals surface area (Å²) in [5.41, 5.74) is 2.99. The monoisotopic (exact) mass is 310 g/mol. The lowest BCUT2D eigenvalue weighted by molar-refractivity contribution is -0.385. The number of ether oxygens (including phenoxy) is 1. The second kappa shape index (κ2) is 5.85. The molecule has 2 aromatic rings. The lowest BCUT2D eigenvalue weighted by atomic mass is 10.0. The van der Waals surface area contributed by atoms with E-state index in [1.54, 1.807) is 24.3 Å². The SMILES string of the molecule is C=C1Cc2cc([N+](=O)[O-])c(Oc3ccccc3)cc2C1N(C)C. The Balaban J connectivity index is 2.08. The van der Waals surface area contributed by atoms with Crippen LogP contribution < -0.4 is 4.74 Å². The maximum absolute atomic E-state index is 11.4. The van der Waals surface area contributed by atoms with Gasteiger partial charge in [-0.3, -0.25) is 15.0 Å². The topological polar surface area (TPSA) is 55.6 Å². The summed E-state index contributed by atoms with van der Waals surface area (Å²) in [6, 6.07) is 12.5. The van der Waals surface area contributed by atoms with Gasteiger partial charge in [-0.15, -0.1) is 0 Å². The van der Waals surface area contributed by atoms with Gasteiger partial charge < -0.3 is 4.74 Å². The minimum atomic E-state index is -0.399. The van der Waals surface area contributed by atoms with Gasteiger partial charge in [0.1, 0.15) is 5.75 Å². The summed E-state index contributed by atoms with van der Waals surface area (Å²) in [5, 5.41) is 11.4. The summed E-state index contributed by atoms with van der Waals surface area (Å²) >= 11 is 0. The Bertz CT molecular complexity index is 769. The Morgan fingerprint density at radius 3 is 2.57 bits per heavy atom. The zero-order valence-electron chi connectivity index (χ0n) is 13.2. The van der Waals surface area contributed by atoms with Crippen LogP contribution in [0.1, 0.15) is 17.2 Å². The second-order valence-corrected chi connectivity index (χ2v) is 5.89. The molecule has 0 aliphatic heterocycles. The quantitative estimate of drug-likeness (QED) is 0.484. The number of fused-ring (bicyclic) bond motifs is 1. The zero-order chi connectivity index (χ0) is 16.6. The molecular formula is C18H18N2O3. The summed E-state index contributed by atoms with van der Waals surface area (Å²) in [6.07, 6.45) is 0.657. The standard InChI is InChI=1S/C18H18N2O3/c1-12-9-13-10-16(20(21)22)17(11-15(13)18(12)19(2)3)23-14-7-5-4-6-8-14/h4-8,10-11,18H,1,9H2,2-3H3. The fourth-order valence-corrected chi connectivity index (χ4v) is 3.08. The number of nitro groups is 1. The molecule has 1 aliphatic rings. The molecule has 0 heterocycles. The van der Waals surface area contributed by atoms with E-state index < -0.39 is 4.92 Å². The van der Waals surface area contributed by atoms with Crippen molar-refractivity contribution in [2.45, 2.75) is 12.5 Å². The summed E-state index contributed by atoms with van der Waals surface area (Å²) in [5.74, 6) is 0.843. The third-order valence-corrected chi connectivity index (χ3v) is 4.00. The molecule has 3 rings (SSSR count). The van der Waals surface area contributed by atoms with Crippen LogP contribution >= 0.6 is 0 Å². The van der Waals surface area contributed by atoms with Crippen LogP contribution in [-0.2, 0) is 6.42 Å². The van der Waals surface area contributed by atoms with Crippen molar-refractivity contribution < 1.29 is 9.66 Å². The van der Waals surface area contributed by atoms with Crippen molar-refractivity contribution in [3.05, 3.63) is 75.9 Å². The predicted octanol–water partition coefficient (Wildman–Crippen LogP) is 4.10. The van der Waals surface area contributed by atoms with Crippen molar-refractivity contribution in [3.8, 4) is 11.5 Å². The lowest BCUT2D eigenvalue weighted by Crippen LogP contribution is -2.18. The molecular weight excluding hydrogens is 292 g/mol. The first kappa shape index (κ1) is 15.2. The number of rotatable bonds is 4. The van der Waals surface area contributed by atoms with Gasteiger partial charge in [0.2, 0.25) is 5.75 Å². The van der Waals surface area contributed by atoms with E-state index in [4.69, 9.17) is 4.74 Å². The fraction of sp³-hybridized carbons (Fsp3) is 0.222. The average Bonchev–Trinajstić information content (AvgIpc) is 2.82. The normalized spacial score (nSPS) is 16.5. The number of nitrogens with zero attached hydrogens (tertiary/aromatic N) is 2. The van der Waals surface area contributed by atoms with Crippen molar-refractivity contribution >= 4 is 5.69 Å². The first-order chi connectivity index (χ1) is 11.0. The number of hydrogen-bond acceptors (Lipinski definition) is 4. The van der Waals surface area contributed by atoms with Crippen molar-refractivity contribution in [1.82, 2.24) is 4.90 Å². The third kappa shape index (κ3) is 2.83. The van der Waals surface area contributed by atoms with E-state index in [2.05, 4.69) is 11.5 Å². The van der Waals surface area contributed by atoms with Gasteiger partial charge in [-0.25, -0.2) is 0 Å². The number of likely N-dealkylation sites (N-methyl/N-ethyl adjacent to an activating group) is 1. The Hall–Kier alpha value is -2.66. The zero-order valence-corrected chi connectivity index (χ0v) is 13.2. The van der Waals surface area contributed by atoms with Gasteiger partial charge >= 0.3 is 5.69 Å². The number of nitro benzene ring substituents is 1. The van der Waals surface area contributed by atoms with Crippen molar-refractivity contribution in [1.29, 1.82) is 0 Å². The fourth-order valence-electron chi connectivity index (χ4n) is 3.08. The first-order valence-electron chi connectivity index (χ1n) is 7.35. The van der Waals surface area contributed by atoms with E-state index in [1.165, 1.54) is 0 Å². The van der Waals surface area contributed by atoms with E-state index in [0.717, 1.165) is 16.7 Å². The molecule has 0 amide bonds. The molecule has 0 saturated carbocycles. The van der Waals surface area contributed by atoms with Crippen molar-refractivity contribution in [2.24, 2.45) is 0 Å². The van der Waals surface area contributed by atoms with Gasteiger partial charge in [-0.2, -0.15) is 0 Å². The minimum absolute atomic E-state index is 0.0141. The van der Waals surface area contributed by atoms with Crippen molar-refractivity contribution in [3.63, 3.8) is 0 Å². The van der Waals surface area contributed by atoms with Gasteiger partial charge in [0.05, 0.1) is 11.0 Å². The molecule has 5 nitrogen and oxygen atoms in total. The van der Waals surface area contributed by atoms with Gasteiger partial charge in [0.25, 0.3) is 0 Å². The molecule has 0 aromatic heterocycles. The smallest absolute Gasteiger partial charge is 0.311 e. The van der Waals surface area contributed by atoms with E-state index in [1.807, 2.05) is 32.3 Å². The first-order valence-corrected chi connectivity index (χ1v) is 7.35. The Labute approximate surface area is 135 Å². The van der Waals surface area contributed by atoms with Crippen molar-refractivity contribution in [2.75, 3.05) is 14.1 Å². The highest BCUT2D eigenvalue weighted by molar-refractivity contribution is 5.58. The van der Waals surface area contributed by atoms with Gasteiger partial charge in [-0.05, 0) is 49.8 Å². The Kier molecular flexibility index (Phi) is 3.88. The average molecular weight is 310 g/mol. The molecule has 0 N–H and O–H groups in total. The minimum Gasteiger partial charge on any atom is -0.450 e. The van der Waals surface area contributed by atoms with E-state index >= 15 is 0 Å². The van der Waals surface area contributed by atoms with Crippen LogP contribution in [0.5, 0.6) is 11.5 Å². The predicted molar refractivity (Wildman–Crippen MR) is 88.9 cm³/mol. The highest BCUT2D eigenvalue weighted by Gasteiger charge is 2.31. The molecule has 0 radical (unpaired) electrons. The molecule has 0 fully saturated rings. The van der Waals surface area contributed by atoms with Gasteiger partial charge in [0.15, 0.2) is 0 Å². The van der Waals surface area contributed by atoms with E-state index in [9.17, 15) is 10.1 Å². The highest BCUT2D eigenvalue weighted by atomic mass is 16.6. The maximum atomic E-state index is 11.4. The molecule has 0 bridgehead atoms.